The van der Waals surface area contributed by atoms with Crippen molar-refractivity contribution in [3.05, 3.63) is 156 Å². The Labute approximate surface area is 376 Å². The molecule has 2 aliphatic rings. The van der Waals surface area contributed by atoms with Gasteiger partial charge in [-0.05, 0) is 92.6 Å². The Morgan fingerprint density at radius 3 is 1.83 bits per heavy atom. The Bertz CT molecular complexity index is 2710. The van der Waals surface area contributed by atoms with E-state index in [9.17, 15) is 9.59 Å². The van der Waals surface area contributed by atoms with Crippen molar-refractivity contribution < 1.29 is 14.0 Å². The number of carbonyl (C=O) groups is 2. The molecule has 328 valence electrons. The number of likely N-dealkylation sites (tertiary alicyclic amines) is 2. The molecule has 9 rings (SSSR count). The van der Waals surface area contributed by atoms with Crippen LogP contribution >= 0.6 is 0 Å². The van der Waals surface area contributed by atoms with Gasteiger partial charge in [0.25, 0.3) is 0 Å². The maximum atomic E-state index is 14.3. The molecule has 0 radical (unpaired) electrons. The second kappa shape index (κ2) is 19.1. The van der Waals surface area contributed by atoms with E-state index < -0.39 is 0 Å². The molecule has 2 fully saturated rings. The van der Waals surface area contributed by atoms with E-state index in [1.807, 2.05) is 64.7 Å². The van der Waals surface area contributed by atoms with Crippen LogP contribution < -0.4 is 0 Å². The quantitative estimate of drug-likeness (QED) is 0.0993. The first-order valence-electron chi connectivity index (χ1n) is 23.3. The van der Waals surface area contributed by atoms with Gasteiger partial charge in [-0.1, -0.05) is 124 Å². The van der Waals surface area contributed by atoms with E-state index >= 15 is 0 Å². The molecule has 10 heteroatoms. The highest BCUT2D eigenvalue weighted by molar-refractivity contribution is 5.88. The largest absolute Gasteiger partial charge is 0.456 e. The molecule has 2 N–H and O–H groups in total. The molecule has 10 nitrogen and oxygen atoms in total. The summed E-state index contributed by atoms with van der Waals surface area (Å²) in [6.45, 7) is 11.6. The number of hydrogen-bond donors (Lipinski definition) is 2. The number of amides is 2. The number of carbonyl (C=O) groups excluding carboxylic acids is 2. The van der Waals surface area contributed by atoms with Gasteiger partial charge in [-0.15, -0.1) is 0 Å². The van der Waals surface area contributed by atoms with Gasteiger partial charge in [0.1, 0.15) is 29.0 Å². The highest BCUT2D eigenvalue weighted by atomic mass is 16.3. The summed E-state index contributed by atoms with van der Waals surface area (Å²) in [5.41, 5.74) is 8.97. The van der Waals surface area contributed by atoms with Crippen molar-refractivity contribution in [1.82, 2.24) is 34.6 Å². The minimum atomic E-state index is -0.328. The molecule has 7 aromatic rings. The minimum absolute atomic E-state index is 0.0995. The fraction of sp³-hybridized carbons (Fsp3) is 0.333. The van der Waals surface area contributed by atoms with Gasteiger partial charge in [-0.2, -0.15) is 0 Å². The summed E-state index contributed by atoms with van der Waals surface area (Å²) in [5, 5.41) is 0.995. The van der Waals surface area contributed by atoms with Gasteiger partial charge in [0.15, 0.2) is 0 Å². The summed E-state index contributed by atoms with van der Waals surface area (Å²) < 4.78 is 6.37. The van der Waals surface area contributed by atoms with Crippen molar-refractivity contribution >= 4 is 22.8 Å². The SMILES string of the molecule is CCC(=C[C@@H](C(=O)N1CCC[C@H]1c1ncc(-c2ccc(-c3cc4cc(-c5cnc([C@@H]6CCCN6C(=O)[C@@H](c6ccccc6)N(CC)CC)[nH]5)ccc4o3)cc2)[nH]1)c1ccccc1)CC. The summed E-state index contributed by atoms with van der Waals surface area (Å²) in [6.07, 6.45) is 11.4. The predicted octanol–water partition coefficient (Wildman–Crippen LogP) is 11.8. The first kappa shape index (κ1) is 42.8. The van der Waals surface area contributed by atoms with Crippen molar-refractivity contribution in [3.63, 3.8) is 0 Å². The number of rotatable bonds is 15. The number of imidazole rings is 2. The van der Waals surface area contributed by atoms with E-state index in [1.165, 1.54) is 5.57 Å². The van der Waals surface area contributed by atoms with Gasteiger partial charge in [-0.25, -0.2) is 9.97 Å². The molecule has 0 spiro atoms. The molecule has 4 atom stereocenters. The second-order valence-corrected chi connectivity index (χ2v) is 17.1. The smallest absolute Gasteiger partial charge is 0.245 e. The zero-order chi connectivity index (χ0) is 44.2. The Balaban J connectivity index is 0.891. The van der Waals surface area contributed by atoms with Gasteiger partial charge in [0.05, 0.1) is 41.8 Å². The van der Waals surface area contributed by atoms with Gasteiger partial charge in [-0.3, -0.25) is 14.5 Å². The molecule has 0 bridgehead atoms. The van der Waals surface area contributed by atoms with Gasteiger partial charge < -0.3 is 24.2 Å². The van der Waals surface area contributed by atoms with Crippen LogP contribution in [0.4, 0.5) is 0 Å². The summed E-state index contributed by atoms with van der Waals surface area (Å²) in [6, 6.07) is 36.4. The number of likely N-dealkylation sites (N-methyl/N-ethyl adjacent to an activating group) is 1. The highest BCUT2D eigenvalue weighted by Crippen LogP contribution is 2.38. The normalized spacial score (nSPS) is 17.3. The first-order valence-corrected chi connectivity index (χ1v) is 23.3. The first-order chi connectivity index (χ1) is 31.4. The van der Waals surface area contributed by atoms with Crippen LogP contribution in [0.3, 0.4) is 0 Å². The molecular formula is C54H59N7O3. The lowest BCUT2D eigenvalue weighted by Crippen LogP contribution is -2.43. The topological polar surface area (TPSA) is 114 Å². The van der Waals surface area contributed by atoms with Crippen LogP contribution in [0, 0.1) is 0 Å². The van der Waals surface area contributed by atoms with E-state index in [-0.39, 0.29) is 35.9 Å². The summed E-state index contributed by atoms with van der Waals surface area (Å²) in [5.74, 6) is 2.38. The number of allylic oxidation sites excluding steroid dienone is 1. The van der Waals surface area contributed by atoms with E-state index in [0.717, 1.165) is 126 Å². The van der Waals surface area contributed by atoms with Gasteiger partial charge in [0, 0.05) is 29.6 Å². The minimum Gasteiger partial charge on any atom is -0.456 e. The predicted molar refractivity (Wildman–Crippen MR) is 254 cm³/mol. The number of nitrogens with zero attached hydrogens (tertiary/aromatic N) is 5. The Morgan fingerprint density at radius 2 is 1.23 bits per heavy atom. The number of H-pyrrole nitrogens is 2. The molecule has 0 unspecified atom stereocenters. The summed E-state index contributed by atoms with van der Waals surface area (Å²) >= 11 is 0. The van der Waals surface area contributed by atoms with Crippen LogP contribution in [0.1, 0.15) is 113 Å². The lowest BCUT2D eigenvalue weighted by Gasteiger charge is -2.34. The Kier molecular flexibility index (Phi) is 12.7. The number of aromatic amines is 2. The maximum absolute atomic E-state index is 14.3. The van der Waals surface area contributed by atoms with Crippen LogP contribution in [0.2, 0.25) is 0 Å². The van der Waals surface area contributed by atoms with Crippen LogP contribution in [0.25, 0.3) is 44.8 Å². The third-order valence-corrected chi connectivity index (χ3v) is 13.5. The van der Waals surface area contributed by atoms with Crippen molar-refractivity contribution in [3.8, 4) is 33.8 Å². The molecule has 2 saturated heterocycles. The zero-order valence-corrected chi connectivity index (χ0v) is 37.5. The lowest BCUT2D eigenvalue weighted by molar-refractivity contribution is -0.138. The molecule has 0 aliphatic carbocycles. The maximum Gasteiger partial charge on any atom is 0.245 e. The molecule has 2 aliphatic heterocycles. The summed E-state index contributed by atoms with van der Waals surface area (Å²) in [4.78, 5) is 51.7. The summed E-state index contributed by atoms with van der Waals surface area (Å²) in [7, 11) is 0. The Hall–Kier alpha value is -6.52. The average Bonchev–Trinajstić information content (AvgIpc) is 4.21. The molecule has 64 heavy (non-hydrogen) atoms. The standard InChI is InChI=1S/C54H59N7O3/c1-5-36(6-2)31-43(37-17-11-9-12-18-37)53(62)60-29-15-21-46(60)51-55-34-44(57-51)38-23-25-39(26-24-38)49-33-42-32-41(27-28-48(42)64-49)45-35-56-52(58-45)47-22-16-30-61(47)54(63)50(59(7-3)8-4)40-19-13-10-14-20-40/h9-14,17-20,23-28,31-35,43,46-47,50H,5-8,15-16,21-22,29-30H2,1-4H3,(H,55,57)(H,56,58)/t43-,46+,47+,50-/m1/s1. The molecular weight excluding hydrogens is 795 g/mol. The van der Waals surface area contributed by atoms with Crippen molar-refractivity contribution in [1.29, 1.82) is 0 Å². The second-order valence-electron chi connectivity index (χ2n) is 17.1. The fourth-order valence-electron chi connectivity index (χ4n) is 9.86. The molecule has 4 aromatic carbocycles. The zero-order valence-electron chi connectivity index (χ0n) is 37.5. The van der Waals surface area contributed by atoms with E-state index in [2.05, 4.69) is 115 Å². The average molecular weight is 854 g/mol. The van der Waals surface area contributed by atoms with Crippen molar-refractivity contribution in [2.75, 3.05) is 26.2 Å². The van der Waals surface area contributed by atoms with E-state index in [0.29, 0.717) is 6.54 Å². The van der Waals surface area contributed by atoms with Crippen LogP contribution in [-0.4, -0.2) is 72.6 Å². The van der Waals surface area contributed by atoms with E-state index in [1.54, 1.807) is 0 Å². The number of aromatic nitrogens is 4. The molecule has 3 aromatic heterocycles. The van der Waals surface area contributed by atoms with Gasteiger partial charge >= 0.3 is 0 Å². The van der Waals surface area contributed by atoms with Crippen LogP contribution in [0.5, 0.6) is 0 Å². The monoisotopic (exact) mass is 853 g/mol. The fourth-order valence-corrected chi connectivity index (χ4v) is 9.86. The Morgan fingerprint density at radius 1 is 0.688 bits per heavy atom. The highest BCUT2D eigenvalue weighted by Gasteiger charge is 2.38. The number of nitrogens with one attached hydrogen (secondary N) is 2. The molecule has 5 heterocycles. The van der Waals surface area contributed by atoms with Crippen LogP contribution in [0.15, 0.2) is 138 Å². The third-order valence-electron chi connectivity index (χ3n) is 13.5. The number of furan rings is 1. The number of fused-ring (bicyclic) bond motifs is 1. The lowest BCUT2D eigenvalue weighted by atomic mass is 9.93. The number of hydrogen-bond acceptors (Lipinski definition) is 6. The third kappa shape index (κ3) is 8.59. The van der Waals surface area contributed by atoms with Gasteiger partial charge in [0.2, 0.25) is 11.8 Å². The molecule has 0 saturated carbocycles. The van der Waals surface area contributed by atoms with Crippen molar-refractivity contribution in [2.24, 2.45) is 0 Å². The van der Waals surface area contributed by atoms with E-state index in [4.69, 9.17) is 14.4 Å². The van der Waals surface area contributed by atoms with Crippen molar-refractivity contribution in [2.45, 2.75) is 90.3 Å². The van der Waals surface area contributed by atoms with Crippen LogP contribution in [-0.2, 0) is 9.59 Å². The number of benzene rings is 4. The molecule has 2 amide bonds.